The normalized spacial score (nSPS) is 14.5. The van der Waals surface area contributed by atoms with Gasteiger partial charge in [0.1, 0.15) is 0 Å². The second-order valence-corrected chi connectivity index (χ2v) is 6.04. The molecule has 0 bridgehead atoms. The lowest BCUT2D eigenvalue weighted by Crippen LogP contribution is -2.42. The van der Waals surface area contributed by atoms with E-state index in [9.17, 15) is 0 Å². The summed E-state index contributed by atoms with van der Waals surface area (Å²) < 4.78 is 15.8. The Labute approximate surface area is 81.7 Å². The van der Waals surface area contributed by atoms with Crippen LogP contribution < -0.4 is 5.73 Å². The van der Waals surface area contributed by atoms with Crippen LogP contribution in [-0.4, -0.2) is 36.2 Å². The SMILES string of the molecule is [CH2]C(N)CCC[Si](OC)(OC)OC. The summed E-state index contributed by atoms with van der Waals surface area (Å²) >= 11 is 0. The Morgan fingerprint density at radius 3 is 2.00 bits per heavy atom. The standard InChI is InChI=1S/C8H20NO3Si/c1-8(9)6-5-7-13(10-2,11-3)12-4/h8H,1,5-7,9H2,2-4H3. The number of hydrogen-bond acceptors (Lipinski definition) is 4. The molecule has 0 aromatic carbocycles. The van der Waals surface area contributed by atoms with Crippen molar-refractivity contribution in [3.63, 3.8) is 0 Å². The van der Waals surface area contributed by atoms with Gasteiger partial charge in [-0.05, 0) is 19.8 Å². The minimum absolute atomic E-state index is 0.0164. The van der Waals surface area contributed by atoms with Gasteiger partial charge in [-0.1, -0.05) is 0 Å². The molecule has 5 heteroatoms. The summed E-state index contributed by atoms with van der Waals surface area (Å²) in [5.74, 6) is 0. The highest BCUT2D eigenvalue weighted by molar-refractivity contribution is 6.60. The predicted molar refractivity (Wildman–Crippen MR) is 54.2 cm³/mol. The lowest BCUT2D eigenvalue weighted by molar-refractivity contribution is 0.122. The highest BCUT2D eigenvalue weighted by atomic mass is 28.4. The van der Waals surface area contributed by atoms with Crippen LogP contribution >= 0.6 is 0 Å². The molecule has 4 nitrogen and oxygen atoms in total. The van der Waals surface area contributed by atoms with Gasteiger partial charge in [0.05, 0.1) is 0 Å². The van der Waals surface area contributed by atoms with Gasteiger partial charge in [0.2, 0.25) is 0 Å². The Bertz CT molecular complexity index is 120. The van der Waals surface area contributed by atoms with Crippen LogP contribution in [0.5, 0.6) is 0 Å². The fourth-order valence-electron chi connectivity index (χ4n) is 1.14. The Balaban J connectivity index is 3.81. The molecule has 0 aliphatic carbocycles. The van der Waals surface area contributed by atoms with Crippen LogP contribution in [0, 0.1) is 6.92 Å². The Kier molecular flexibility index (Phi) is 6.53. The summed E-state index contributed by atoms with van der Waals surface area (Å²) in [7, 11) is 2.48. The second-order valence-electron chi connectivity index (χ2n) is 2.95. The Morgan fingerprint density at radius 2 is 1.69 bits per heavy atom. The van der Waals surface area contributed by atoms with Crippen LogP contribution in [0.25, 0.3) is 0 Å². The maximum absolute atomic E-state index is 5.53. The molecule has 1 unspecified atom stereocenters. The monoisotopic (exact) mass is 206 g/mol. The minimum atomic E-state index is -2.37. The molecule has 0 aromatic rings. The van der Waals surface area contributed by atoms with Crippen LogP contribution in [0.2, 0.25) is 6.04 Å². The molecule has 13 heavy (non-hydrogen) atoms. The molecule has 0 fully saturated rings. The molecule has 0 amide bonds. The van der Waals surface area contributed by atoms with Gasteiger partial charge in [-0.15, -0.1) is 0 Å². The lowest BCUT2D eigenvalue weighted by atomic mass is 10.2. The van der Waals surface area contributed by atoms with E-state index < -0.39 is 8.80 Å². The van der Waals surface area contributed by atoms with E-state index in [0.29, 0.717) is 0 Å². The molecular weight excluding hydrogens is 186 g/mol. The Hall–Kier alpha value is 0.0569. The van der Waals surface area contributed by atoms with E-state index >= 15 is 0 Å². The summed E-state index contributed by atoms with van der Waals surface area (Å²) in [6.07, 6.45) is 1.79. The van der Waals surface area contributed by atoms with Crippen molar-refractivity contribution in [1.29, 1.82) is 0 Å². The zero-order valence-corrected chi connectivity index (χ0v) is 9.71. The highest BCUT2D eigenvalue weighted by Crippen LogP contribution is 2.16. The van der Waals surface area contributed by atoms with Crippen LogP contribution in [0.1, 0.15) is 12.8 Å². The van der Waals surface area contributed by atoms with Gasteiger partial charge in [-0.25, -0.2) is 0 Å². The number of rotatable bonds is 7. The van der Waals surface area contributed by atoms with E-state index in [-0.39, 0.29) is 6.04 Å². The summed E-state index contributed by atoms with van der Waals surface area (Å²) in [6.45, 7) is 3.71. The van der Waals surface area contributed by atoms with E-state index in [1.165, 1.54) is 0 Å². The van der Waals surface area contributed by atoms with Crippen molar-refractivity contribution in [1.82, 2.24) is 0 Å². The minimum Gasteiger partial charge on any atom is -0.377 e. The third-order valence-corrected chi connectivity index (χ3v) is 4.82. The van der Waals surface area contributed by atoms with Gasteiger partial charge in [0.15, 0.2) is 0 Å². The van der Waals surface area contributed by atoms with Gasteiger partial charge in [-0.2, -0.15) is 0 Å². The van der Waals surface area contributed by atoms with Gasteiger partial charge >= 0.3 is 8.80 Å². The topological polar surface area (TPSA) is 53.7 Å². The predicted octanol–water partition coefficient (Wildman–Crippen LogP) is 0.806. The zero-order valence-electron chi connectivity index (χ0n) is 8.71. The molecule has 0 aromatic heterocycles. The smallest absolute Gasteiger partial charge is 0.377 e. The summed E-state index contributed by atoms with van der Waals surface area (Å²) in [4.78, 5) is 0. The maximum atomic E-state index is 5.53. The largest absolute Gasteiger partial charge is 0.500 e. The maximum Gasteiger partial charge on any atom is 0.500 e. The average Bonchev–Trinajstić information content (AvgIpc) is 2.13. The van der Waals surface area contributed by atoms with E-state index in [0.717, 1.165) is 18.9 Å². The first kappa shape index (κ1) is 13.1. The first-order chi connectivity index (χ1) is 6.10. The van der Waals surface area contributed by atoms with Crippen LogP contribution in [-0.2, 0) is 13.3 Å². The van der Waals surface area contributed by atoms with Crippen molar-refractivity contribution in [3.05, 3.63) is 6.92 Å². The third-order valence-electron chi connectivity index (χ3n) is 1.99. The molecule has 0 aliphatic rings. The van der Waals surface area contributed by atoms with E-state index in [1.54, 1.807) is 21.3 Å². The fourth-order valence-corrected chi connectivity index (χ4v) is 2.89. The quantitative estimate of drug-likeness (QED) is 0.626. The first-order valence-electron chi connectivity index (χ1n) is 4.34. The Morgan fingerprint density at radius 1 is 1.23 bits per heavy atom. The van der Waals surface area contributed by atoms with Crippen molar-refractivity contribution < 1.29 is 13.3 Å². The molecular formula is C8H20NO3Si. The molecule has 0 spiro atoms. The lowest BCUT2D eigenvalue weighted by Gasteiger charge is -2.24. The molecule has 0 saturated heterocycles. The summed E-state index contributed by atoms with van der Waals surface area (Å²) in [5, 5.41) is 0. The fraction of sp³-hybridized carbons (Fsp3) is 0.875. The van der Waals surface area contributed by atoms with Crippen molar-refractivity contribution in [2.45, 2.75) is 24.9 Å². The van der Waals surface area contributed by atoms with Crippen molar-refractivity contribution in [2.24, 2.45) is 5.73 Å². The number of nitrogens with two attached hydrogens (primary N) is 1. The average molecular weight is 206 g/mol. The highest BCUT2D eigenvalue weighted by Gasteiger charge is 2.36. The number of hydrogen-bond donors (Lipinski definition) is 1. The molecule has 1 atom stereocenters. The van der Waals surface area contributed by atoms with Gasteiger partial charge in [0, 0.05) is 33.4 Å². The molecule has 0 rings (SSSR count). The second kappa shape index (κ2) is 6.50. The third kappa shape index (κ3) is 4.73. The van der Waals surface area contributed by atoms with E-state index in [2.05, 4.69) is 6.92 Å². The van der Waals surface area contributed by atoms with Crippen LogP contribution in [0.15, 0.2) is 0 Å². The van der Waals surface area contributed by atoms with Gasteiger partial charge in [-0.3, -0.25) is 0 Å². The van der Waals surface area contributed by atoms with Crippen molar-refractivity contribution in [3.8, 4) is 0 Å². The molecule has 0 aliphatic heterocycles. The summed E-state index contributed by atoms with van der Waals surface area (Å²) in [5.41, 5.74) is 5.53. The summed E-state index contributed by atoms with van der Waals surface area (Å²) in [6, 6.07) is 0.775. The first-order valence-corrected chi connectivity index (χ1v) is 6.27. The molecule has 0 saturated carbocycles. The van der Waals surface area contributed by atoms with Crippen molar-refractivity contribution in [2.75, 3.05) is 21.3 Å². The van der Waals surface area contributed by atoms with Gasteiger partial charge in [0.25, 0.3) is 0 Å². The molecule has 0 heterocycles. The van der Waals surface area contributed by atoms with Crippen molar-refractivity contribution >= 4 is 8.80 Å². The van der Waals surface area contributed by atoms with Crippen LogP contribution in [0.3, 0.4) is 0 Å². The van der Waals surface area contributed by atoms with Gasteiger partial charge < -0.3 is 19.0 Å². The van der Waals surface area contributed by atoms with E-state index in [1.807, 2.05) is 0 Å². The molecule has 79 valence electrons. The van der Waals surface area contributed by atoms with Crippen LogP contribution in [0.4, 0.5) is 0 Å². The molecule has 1 radical (unpaired) electrons. The molecule has 2 N–H and O–H groups in total. The zero-order chi connectivity index (χ0) is 10.3. The van der Waals surface area contributed by atoms with E-state index in [4.69, 9.17) is 19.0 Å².